The van der Waals surface area contributed by atoms with Crippen molar-refractivity contribution in [1.82, 2.24) is 4.98 Å². The summed E-state index contributed by atoms with van der Waals surface area (Å²) in [6.45, 7) is 1.83. The highest BCUT2D eigenvalue weighted by molar-refractivity contribution is 7.92. The summed E-state index contributed by atoms with van der Waals surface area (Å²) in [6, 6.07) is 10.3. The Morgan fingerprint density at radius 2 is 1.88 bits per heavy atom. The number of carboxylic acid groups (broad SMARTS) is 1. The normalized spacial score (nSPS) is 11.2. The molecule has 0 spiro atoms. The Kier molecular flexibility index (Phi) is 3.94. The molecule has 0 saturated carbocycles. The van der Waals surface area contributed by atoms with Crippen molar-refractivity contribution < 1.29 is 18.3 Å². The lowest BCUT2D eigenvalue weighted by Gasteiger charge is -2.10. The summed E-state index contributed by atoms with van der Waals surface area (Å²) in [5.41, 5.74) is 2.10. The minimum atomic E-state index is -3.90. The number of H-pyrrole nitrogens is 1. The van der Waals surface area contributed by atoms with E-state index < -0.39 is 16.0 Å². The van der Waals surface area contributed by atoms with Crippen molar-refractivity contribution in [2.45, 2.75) is 11.8 Å². The summed E-state index contributed by atoms with van der Waals surface area (Å²) in [5.74, 6) is -1.13. The molecule has 8 heteroatoms. The Morgan fingerprint density at radius 3 is 2.48 bits per heavy atom. The summed E-state index contributed by atoms with van der Waals surface area (Å²) in [7, 11) is -3.90. The average molecular weight is 355 g/mol. The van der Waals surface area contributed by atoms with Crippen molar-refractivity contribution >= 4 is 32.6 Å². The van der Waals surface area contributed by atoms with Crippen LogP contribution in [0.15, 0.2) is 47.5 Å². The van der Waals surface area contributed by atoms with E-state index in [9.17, 15) is 13.2 Å². The number of aromatic carboxylic acids is 1. The fourth-order valence-electron chi connectivity index (χ4n) is 2.57. The SMILES string of the molecule is Cc1ccc(NS(=O)(=O)c2ccc(C(=O)O)cc2)c2[nH]cc(C#N)c12. The van der Waals surface area contributed by atoms with E-state index in [1.807, 2.05) is 6.92 Å². The molecule has 0 aliphatic heterocycles. The molecule has 7 nitrogen and oxygen atoms in total. The van der Waals surface area contributed by atoms with Crippen molar-refractivity contribution in [2.24, 2.45) is 0 Å². The van der Waals surface area contributed by atoms with Gasteiger partial charge in [-0.15, -0.1) is 0 Å². The van der Waals surface area contributed by atoms with Crippen molar-refractivity contribution in [3.05, 3.63) is 59.3 Å². The van der Waals surface area contributed by atoms with Gasteiger partial charge in [-0.2, -0.15) is 5.26 Å². The number of carbonyl (C=O) groups is 1. The highest BCUT2D eigenvalue weighted by Crippen LogP contribution is 2.29. The van der Waals surface area contributed by atoms with Crippen molar-refractivity contribution in [2.75, 3.05) is 4.72 Å². The Hall–Kier alpha value is -3.31. The number of nitrogens with one attached hydrogen (secondary N) is 2. The number of sulfonamides is 1. The molecule has 126 valence electrons. The van der Waals surface area contributed by atoms with Crippen LogP contribution in [-0.4, -0.2) is 24.5 Å². The molecule has 0 unspecified atom stereocenters. The zero-order valence-corrected chi connectivity index (χ0v) is 13.9. The Labute approximate surface area is 143 Å². The molecule has 25 heavy (non-hydrogen) atoms. The molecule has 0 atom stereocenters. The summed E-state index contributed by atoms with van der Waals surface area (Å²) < 4.78 is 27.6. The molecule has 0 saturated heterocycles. The van der Waals surface area contributed by atoms with E-state index in [0.717, 1.165) is 5.56 Å². The molecule has 1 aromatic heterocycles. The maximum Gasteiger partial charge on any atom is 0.335 e. The Bertz CT molecular complexity index is 1120. The van der Waals surface area contributed by atoms with Gasteiger partial charge in [-0.3, -0.25) is 4.72 Å². The van der Waals surface area contributed by atoms with Crippen LogP contribution in [0.1, 0.15) is 21.5 Å². The van der Waals surface area contributed by atoms with Gasteiger partial charge in [0.25, 0.3) is 10.0 Å². The largest absolute Gasteiger partial charge is 0.478 e. The second kappa shape index (κ2) is 5.96. The van der Waals surface area contributed by atoms with Crippen LogP contribution in [0.25, 0.3) is 10.9 Å². The predicted molar refractivity (Wildman–Crippen MR) is 92.0 cm³/mol. The molecule has 3 aromatic rings. The number of hydrogen-bond acceptors (Lipinski definition) is 4. The molecule has 2 aromatic carbocycles. The number of nitrogens with zero attached hydrogens (tertiary/aromatic N) is 1. The standard InChI is InChI=1S/C17H13N3O4S/c1-10-2-7-14(16-15(10)12(8-18)9-19-16)20-25(23,24)13-5-3-11(4-6-13)17(21)22/h2-7,9,19-20H,1H3,(H,21,22). The van der Waals surface area contributed by atoms with E-state index >= 15 is 0 Å². The first-order valence-electron chi connectivity index (χ1n) is 7.20. The number of rotatable bonds is 4. The van der Waals surface area contributed by atoms with E-state index in [1.54, 1.807) is 12.1 Å². The molecule has 1 heterocycles. The highest BCUT2D eigenvalue weighted by atomic mass is 32.2. The lowest BCUT2D eigenvalue weighted by molar-refractivity contribution is 0.0696. The fourth-order valence-corrected chi connectivity index (χ4v) is 3.65. The Balaban J connectivity index is 2.03. The minimum Gasteiger partial charge on any atom is -0.478 e. The summed E-state index contributed by atoms with van der Waals surface area (Å²) in [4.78, 5) is 13.7. The van der Waals surface area contributed by atoms with Crippen LogP contribution >= 0.6 is 0 Å². The van der Waals surface area contributed by atoms with Crippen LogP contribution < -0.4 is 4.72 Å². The van der Waals surface area contributed by atoms with Crippen LogP contribution in [0.5, 0.6) is 0 Å². The van der Waals surface area contributed by atoms with E-state index in [1.165, 1.54) is 30.5 Å². The highest BCUT2D eigenvalue weighted by Gasteiger charge is 2.18. The topological polar surface area (TPSA) is 123 Å². The molecule has 0 radical (unpaired) electrons. The summed E-state index contributed by atoms with van der Waals surface area (Å²) >= 11 is 0. The zero-order valence-electron chi connectivity index (χ0n) is 13.1. The van der Waals surface area contributed by atoms with Crippen LogP contribution in [0, 0.1) is 18.3 Å². The van der Waals surface area contributed by atoms with Gasteiger partial charge in [0.05, 0.1) is 27.2 Å². The number of fused-ring (bicyclic) bond motifs is 1. The van der Waals surface area contributed by atoms with Gasteiger partial charge < -0.3 is 10.1 Å². The van der Waals surface area contributed by atoms with Crippen LogP contribution in [-0.2, 0) is 10.0 Å². The number of aromatic nitrogens is 1. The van der Waals surface area contributed by atoms with Crippen LogP contribution in [0.3, 0.4) is 0 Å². The molecular weight excluding hydrogens is 342 g/mol. The maximum atomic E-state index is 12.6. The minimum absolute atomic E-state index is 0.000272. The maximum absolute atomic E-state index is 12.6. The van der Waals surface area contributed by atoms with Gasteiger partial charge in [-0.05, 0) is 42.8 Å². The van der Waals surface area contributed by atoms with E-state index in [0.29, 0.717) is 22.2 Å². The molecule has 0 amide bonds. The van der Waals surface area contributed by atoms with Crippen LogP contribution in [0.2, 0.25) is 0 Å². The van der Waals surface area contributed by atoms with Crippen molar-refractivity contribution in [1.29, 1.82) is 5.26 Å². The van der Waals surface area contributed by atoms with E-state index in [4.69, 9.17) is 10.4 Å². The lowest BCUT2D eigenvalue weighted by atomic mass is 10.1. The van der Waals surface area contributed by atoms with Gasteiger partial charge in [0.2, 0.25) is 0 Å². The second-order valence-corrected chi connectivity index (χ2v) is 7.11. The smallest absolute Gasteiger partial charge is 0.335 e. The predicted octanol–water partition coefficient (Wildman–Crippen LogP) is 2.85. The number of aromatic amines is 1. The average Bonchev–Trinajstić information content (AvgIpc) is 3.02. The van der Waals surface area contributed by atoms with Crippen molar-refractivity contribution in [3.63, 3.8) is 0 Å². The zero-order chi connectivity index (χ0) is 18.2. The number of nitriles is 1. The van der Waals surface area contributed by atoms with E-state index in [-0.39, 0.29) is 10.5 Å². The van der Waals surface area contributed by atoms with Crippen molar-refractivity contribution in [3.8, 4) is 6.07 Å². The number of aryl methyl sites for hydroxylation is 1. The third kappa shape index (κ3) is 2.93. The Morgan fingerprint density at radius 1 is 1.20 bits per heavy atom. The number of hydrogen-bond donors (Lipinski definition) is 3. The third-order valence-corrected chi connectivity index (χ3v) is 5.20. The van der Waals surface area contributed by atoms with Crippen LogP contribution in [0.4, 0.5) is 5.69 Å². The quantitative estimate of drug-likeness (QED) is 0.664. The number of benzene rings is 2. The molecule has 3 rings (SSSR count). The number of anilines is 1. The second-order valence-electron chi connectivity index (χ2n) is 5.43. The third-order valence-electron chi connectivity index (χ3n) is 3.82. The molecule has 0 aliphatic carbocycles. The van der Waals surface area contributed by atoms with Gasteiger partial charge in [-0.25, -0.2) is 13.2 Å². The van der Waals surface area contributed by atoms with Gasteiger partial charge in [0.1, 0.15) is 6.07 Å². The molecule has 0 bridgehead atoms. The van der Waals surface area contributed by atoms with Gasteiger partial charge in [0.15, 0.2) is 0 Å². The number of carboxylic acids is 1. The van der Waals surface area contributed by atoms with E-state index in [2.05, 4.69) is 15.8 Å². The van der Waals surface area contributed by atoms with Gasteiger partial charge in [-0.1, -0.05) is 6.07 Å². The monoisotopic (exact) mass is 355 g/mol. The first-order valence-corrected chi connectivity index (χ1v) is 8.69. The van der Waals surface area contributed by atoms with Gasteiger partial charge in [0, 0.05) is 11.6 Å². The molecule has 3 N–H and O–H groups in total. The molecular formula is C17H13N3O4S. The summed E-state index contributed by atoms with van der Waals surface area (Å²) in [6.07, 6.45) is 1.52. The summed E-state index contributed by atoms with van der Waals surface area (Å²) in [5, 5.41) is 18.7. The first kappa shape index (κ1) is 16.5. The molecule has 0 fully saturated rings. The molecule has 0 aliphatic rings. The fraction of sp³-hybridized carbons (Fsp3) is 0.0588. The lowest BCUT2D eigenvalue weighted by Crippen LogP contribution is -2.13. The van der Waals surface area contributed by atoms with Gasteiger partial charge >= 0.3 is 5.97 Å². The first-order chi connectivity index (χ1) is 11.8.